The lowest BCUT2D eigenvalue weighted by Gasteiger charge is -2.11. The third-order valence-electron chi connectivity index (χ3n) is 4.14. The molecule has 3 aromatic carbocycles. The zero-order chi connectivity index (χ0) is 17.6. The Hall–Kier alpha value is -2.81. The molecule has 0 atom stereocenters. The van der Waals surface area contributed by atoms with Crippen LogP contribution >= 0.6 is 0 Å². The highest BCUT2D eigenvalue weighted by molar-refractivity contribution is 5.52. The van der Waals surface area contributed by atoms with Crippen molar-refractivity contribution in [1.82, 2.24) is 0 Å². The summed E-state index contributed by atoms with van der Waals surface area (Å²) in [6, 6.07) is 20.9. The fourth-order valence-corrected chi connectivity index (χ4v) is 2.69. The molecule has 0 spiro atoms. The molecule has 0 radical (unpaired) electrons. The summed E-state index contributed by atoms with van der Waals surface area (Å²) in [5.41, 5.74) is 5.37. The normalized spacial score (nSPS) is 10.5. The van der Waals surface area contributed by atoms with Crippen LogP contribution < -0.4 is 10.1 Å². The van der Waals surface area contributed by atoms with Crippen LogP contribution in [-0.4, -0.2) is 0 Å². The van der Waals surface area contributed by atoms with Gasteiger partial charge in [0.1, 0.15) is 18.2 Å². The van der Waals surface area contributed by atoms with E-state index in [0.717, 1.165) is 18.0 Å². The van der Waals surface area contributed by atoms with Crippen molar-refractivity contribution in [3.63, 3.8) is 0 Å². The van der Waals surface area contributed by atoms with E-state index in [0.29, 0.717) is 5.56 Å². The summed E-state index contributed by atoms with van der Waals surface area (Å²) >= 11 is 0. The zero-order valence-corrected chi connectivity index (χ0v) is 14.6. The van der Waals surface area contributed by atoms with E-state index in [1.807, 2.05) is 30.3 Å². The first kappa shape index (κ1) is 17.0. The van der Waals surface area contributed by atoms with Gasteiger partial charge in [-0.25, -0.2) is 4.39 Å². The molecular weight excluding hydrogens is 313 g/mol. The van der Waals surface area contributed by atoms with E-state index in [1.165, 1.54) is 22.8 Å². The highest BCUT2D eigenvalue weighted by atomic mass is 19.1. The molecular formula is C22H22FNO. The Kier molecular flexibility index (Phi) is 5.34. The van der Waals surface area contributed by atoms with Gasteiger partial charge in [-0.15, -0.1) is 0 Å². The molecule has 25 heavy (non-hydrogen) atoms. The van der Waals surface area contributed by atoms with E-state index in [1.54, 1.807) is 12.1 Å². The second kappa shape index (κ2) is 7.84. The zero-order valence-electron chi connectivity index (χ0n) is 14.6. The fraction of sp³-hybridized carbons (Fsp3) is 0.182. The largest absolute Gasteiger partial charge is 0.489 e. The van der Waals surface area contributed by atoms with Gasteiger partial charge in [0.25, 0.3) is 0 Å². The molecule has 128 valence electrons. The first-order chi connectivity index (χ1) is 12.1. The van der Waals surface area contributed by atoms with Crippen molar-refractivity contribution < 1.29 is 9.13 Å². The first-order valence-electron chi connectivity index (χ1n) is 8.38. The Balaban J connectivity index is 1.56. The van der Waals surface area contributed by atoms with Crippen LogP contribution in [0, 0.1) is 19.7 Å². The SMILES string of the molecule is Cc1ccc(NCc2ccc(OCc3ccccc3F)cc2)c(C)c1. The number of hydrogen-bond acceptors (Lipinski definition) is 2. The molecule has 0 saturated heterocycles. The van der Waals surface area contributed by atoms with E-state index in [4.69, 9.17) is 4.74 Å². The average molecular weight is 335 g/mol. The molecule has 0 bridgehead atoms. The van der Waals surface area contributed by atoms with E-state index >= 15 is 0 Å². The Morgan fingerprint density at radius 1 is 0.920 bits per heavy atom. The number of hydrogen-bond donors (Lipinski definition) is 1. The number of ether oxygens (including phenoxy) is 1. The number of rotatable bonds is 6. The van der Waals surface area contributed by atoms with E-state index in [-0.39, 0.29) is 12.4 Å². The lowest BCUT2D eigenvalue weighted by Crippen LogP contribution is -2.02. The fourth-order valence-electron chi connectivity index (χ4n) is 2.69. The maximum absolute atomic E-state index is 13.6. The summed E-state index contributed by atoms with van der Waals surface area (Å²) in [5.74, 6) is 0.496. The molecule has 3 rings (SSSR count). The Labute approximate surface area is 148 Å². The highest BCUT2D eigenvalue weighted by Crippen LogP contribution is 2.19. The number of nitrogens with one attached hydrogen (secondary N) is 1. The molecule has 0 amide bonds. The van der Waals surface area contributed by atoms with Crippen LogP contribution in [0.3, 0.4) is 0 Å². The minimum atomic E-state index is -0.239. The molecule has 2 nitrogen and oxygen atoms in total. The summed E-state index contributed by atoms with van der Waals surface area (Å²) in [5, 5.41) is 3.45. The van der Waals surface area contributed by atoms with E-state index in [9.17, 15) is 4.39 Å². The average Bonchev–Trinajstić information content (AvgIpc) is 2.61. The van der Waals surface area contributed by atoms with Crippen molar-refractivity contribution in [2.45, 2.75) is 27.0 Å². The van der Waals surface area contributed by atoms with Gasteiger partial charge < -0.3 is 10.1 Å². The van der Waals surface area contributed by atoms with Gasteiger partial charge in [0.15, 0.2) is 0 Å². The Morgan fingerprint density at radius 2 is 1.68 bits per heavy atom. The number of anilines is 1. The number of aryl methyl sites for hydroxylation is 2. The highest BCUT2D eigenvalue weighted by Gasteiger charge is 2.03. The van der Waals surface area contributed by atoms with Crippen LogP contribution in [0.5, 0.6) is 5.75 Å². The summed E-state index contributed by atoms with van der Waals surface area (Å²) in [4.78, 5) is 0. The second-order valence-electron chi connectivity index (χ2n) is 6.20. The molecule has 0 aliphatic carbocycles. The Bertz CT molecular complexity index is 843. The van der Waals surface area contributed by atoms with Gasteiger partial charge in [-0.05, 0) is 49.2 Å². The molecule has 3 heteroatoms. The summed E-state index contributed by atoms with van der Waals surface area (Å²) in [6.07, 6.45) is 0. The molecule has 0 fully saturated rings. The predicted octanol–water partition coefficient (Wildman–Crippen LogP) is 5.63. The van der Waals surface area contributed by atoms with Crippen LogP contribution in [0.15, 0.2) is 66.7 Å². The third-order valence-corrected chi connectivity index (χ3v) is 4.14. The summed E-state index contributed by atoms with van der Waals surface area (Å²) < 4.78 is 19.2. The van der Waals surface area contributed by atoms with Gasteiger partial charge in [-0.2, -0.15) is 0 Å². The van der Waals surface area contributed by atoms with Crippen LogP contribution in [0.2, 0.25) is 0 Å². The van der Waals surface area contributed by atoms with Crippen LogP contribution in [0.1, 0.15) is 22.3 Å². The van der Waals surface area contributed by atoms with Crippen LogP contribution in [0.4, 0.5) is 10.1 Å². The van der Waals surface area contributed by atoms with Crippen molar-refractivity contribution in [3.8, 4) is 5.75 Å². The van der Waals surface area contributed by atoms with E-state index in [2.05, 4.69) is 37.4 Å². The molecule has 0 aliphatic heterocycles. The van der Waals surface area contributed by atoms with Crippen molar-refractivity contribution in [3.05, 3.63) is 94.8 Å². The van der Waals surface area contributed by atoms with Crippen molar-refractivity contribution in [1.29, 1.82) is 0 Å². The maximum Gasteiger partial charge on any atom is 0.129 e. The molecule has 0 aromatic heterocycles. The minimum absolute atomic E-state index is 0.229. The molecule has 0 unspecified atom stereocenters. The van der Waals surface area contributed by atoms with Gasteiger partial charge in [0.2, 0.25) is 0 Å². The van der Waals surface area contributed by atoms with Crippen molar-refractivity contribution in [2.75, 3.05) is 5.32 Å². The van der Waals surface area contributed by atoms with Gasteiger partial charge in [0, 0.05) is 17.8 Å². The van der Waals surface area contributed by atoms with Gasteiger partial charge in [-0.3, -0.25) is 0 Å². The topological polar surface area (TPSA) is 21.3 Å². The van der Waals surface area contributed by atoms with E-state index < -0.39 is 0 Å². The van der Waals surface area contributed by atoms with Crippen molar-refractivity contribution >= 4 is 5.69 Å². The summed E-state index contributed by atoms with van der Waals surface area (Å²) in [7, 11) is 0. The molecule has 3 aromatic rings. The molecule has 0 aliphatic rings. The lowest BCUT2D eigenvalue weighted by molar-refractivity contribution is 0.300. The maximum atomic E-state index is 13.6. The quantitative estimate of drug-likeness (QED) is 0.630. The number of benzene rings is 3. The van der Waals surface area contributed by atoms with Crippen LogP contribution in [-0.2, 0) is 13.2 Å². The molecule has 0 heterocycles. The molecule has 1 N–H and O–H groups in total. The van der Waals surface area contributed by atoms with Crippen molar-refractivity contribution in [2.24, 2.45) is 0 Å². The second-order valence-corrected chi connectivity index (χ2v) is 6.20. The van der Waals surface area contributed by atoms with Crippen LogP contribution in [0.25, 0.3) is 0 Å². The Morgan fingerprint density at radius 3 is 2.40 bits per heavy atom. The molecule has 0 saturated carbocycles. The predicted molar refractivity (Wildman–Crippen MR) is 100 cm³/mol. The first-order valence-corrected chi connectivity index (χ1v) is 8.38. The lowest BCUT2D eigenvalue weighted by atomic mass is 10.1. The minimum Gasteiger partial charge on any atom is -0.489 e. The smallest absolute Gasteiger partial charge is 0.129 e. The third kappa shape index (κ3) is 4.60. The number of halogens is 1. The monoisotopic (exact) mass is 335 g/mol. The summed E-state index contributed by atoms with van der Waals surface area (Å²) in [6.45, 7) is 5.18. The van der Waals surface area contributed by atoms with Gasteiger partial charge >= 0.3 is 0 Å². The standard InChI is InChI=1S/C22H22FNO/c1-16-7-12-22(17(2)13-16)24-14-18-8-10-20(11-9-18)25-15-19-5-3-4-6-21(19)23/h3-13,24H,14-15H2,1-2H3. The van der Waals surface area contributed by atoms with Gasteiger partial charge in [0.05, 0.1) is 0 Å². The van der Waals surface area contributed by atoms with Gasteiger partial charge in [-0.1, -0.05) is 48.0 Å².